The zero-order valence-electron chi connectivity index (χ0n) is 9.81. The number of nitrogens with one attached hydrogen (secondary N) is 1. The van der Waals surface area contributed by atoms with Gasteiger partial charge in [0.1, 0.15) is 5.82 Å². The number of ether oxygens (including phenoxy) is 1. The van der Waals surface area contributed by atoms with Crippen LogP contribution >= 0.6 is 0 Å². The number of anilines is 2. The van der Waals surface area contributed by atoms with Gasteiger partial charge in [-0.1, -0.05) is 0 Å². The van der Waals surface area contributed by atoms with E-state index in [4.69, 9.17) is 4.74 Å². The van der Waals surface area contributed by atoms with Gasteiger partial charge in [-0.2, -0.15) is 4.98 Å². The van der Waals surface area contributed by atoms with Crippen molar-refractivity contribution in [2.24, 2.45) is 0 Å². The minimum absolute atomic E-state index is 0.374. The average Bonchev–Trinajstić information content (AvgIpc) is 2.30. The molecule has 0 bridgehead atoms. The number of rotatable bonds is 3. The molecule has 0 spiro atoms. The SMILES string of the molecule is CN(C)c1nccc(NC2CCCOC2)n1. The Hall–Kier alpha value is -1.36. The molecular formula is C11H18N4O. The zero-order valence-corrected chi connectivity index (χ0v) is 9.81. The highest BCUT2D eigenvalue weighted by Gasteiger charge is 2.14. The fourth-order valence-corrected chi connectivity index (χ4v) is 1.71. The Morgan fingerprint density at radius 1 is 1.50 bits per heavy atom. The molecule has 1 fully saturated rings. The van der Waals surface area contributed by atoms with Crippen LogP contribution in [0.4, 0.5) is 11.8 Å². The minimum atomic E-state index is 0.374. The molecule has 1 aliphatic heterocycles. The second kappa shape index (κ2) is 5.12. The highest BCUT2D eigenvalue weighted by molar-refractivity contribution is 5.41. The van der Waals surface area contributed by atoms with Crippen LogP contribution in [0.1, 0.15) is 12.8 Å². The quantitative estimate of drug-likeness (QED) is 0.831. The van der Waals surface area contributed by atoms with E-state index in [0.717, 1.165) is 37.8 Å². The van der Waals surface area contributed by atoms with Crippen molar-refractivity contribution < 1.29 is 4.74 Å². The summed E-state index contributed by atoms with van der Waals surface area (Å²) in [5.74, 6) is 1.59. The highest BCUT2D eigenvalue weighted by Crippen LogP contribution is 2.13. The molecule has 2 heterocycles. The number of nitrogens with zero attached hydrogens (tertiary/aromatic N) is 3. The molecule has 0 amide bonds. The van der Waals surface area contributed by atoms with Crippen molar-refractivity contribution in [2.75, 3.05) is 37.5 Å². The van der Waals surface area contributed by atoms with Gasteiger partial charge in [0.2, 0.25) is 5.95 Å². The van der Waals surface area contributed by atoms with E-state index in [9.17, 15) is 0 Å². The van der Waals surface area contributed by atoms with Gasteiger partial charge >= 0.3 is 0 Å². The van der Waals surface area contributed by atoms with Crippen LogP contribution in [-0.2, 0) is 4.74 Å². The summed E-state index contributed by atoms with van der Waals surface area (Å²) in [6.45, 7) is 1.65. The Kier molecular flexibility index (Phi) is 3.56. The smallest absolute Gasteiger partial charge is 0.226 e. The van der Waals surface area contributed by atoms with E-state index >= 15 is 0 Å². The summed E-state index contributed by atoms with van der Waals surface area (Å²) in [5, 5.41) is 3.37. The van der Waals surface area contributed by atoms with Gasteiger partial charge < -0.3 is 15.0 Å². The lowest BCUT2D eigenvalue weighted by Gasteiger charge is -2.23. The van der Waals surface area contributed by atoms with E-state index in [0.29, 0.717) is 6.04 Å². The van der Waals surface area contributed by atoms with Crippen LogP contribution in [-0.4, -0.2) is 43.3 Å². The Balaban J connectivity index is 2.00. The van der Waals surface area contributed by atoms with Crippen LogP contribution in [0.2, 0.25) is 0 Å². The fourth-order valence-electron chi connectivity index (χ4n) is 1.71. The lowest BCUT2D eigenvalue weighted by Crippen LogP contribution is -2.30. The Bertz CT molecular complexity index is 337. The molecule has 0 saturated carbocycles. The first kappa shape index (κ1) is 11.1. The molecule has 1 aliphatic rings. The number of aromatic nitrogens is 2. The first-order valence-electron chi connectivity index (χ1n) is 5.60. The third kappa shape index (κ3) is 2.82. The summed E-state index contributed by atoms with van der Waals surface area (Å²) >= 11 is 0. The normalized spacial score (nSPS) is 20.5. The predicted octanol–water partition coefficient (Wildman–Crippen LogP) is 1.13. The average molecular weight is 222 g/mol. The number of hydrogen-bond donors (Lipinski definition) is 1. The summed E-state index contributed by atoms with van der Waals surface area (Å²) in [7, 11) is 3.87. The fraction of sp³-hybridized carbons (Fsp3) is 0.636. The predicted molar refractivity (Wildman–Crippen MR) is 63.8 cm³/mol. The molecule has 2 rings (SSSR count). The minimum Gasteiger partial charge on any atom is -0.379 e. The standard InChI is InChI=1S/C11H18N4O/c1-15(2)11-12-6-5-10(14-11)13-9-4-3-7-16-8-9/h5-6,9H,3-4,7-8H2,1-2H3,(H,12,13,14). The Morgan fingerprint density at radius 2 is 2.38 bits per heavy atom. The van der Waals surface area contributed by atoms with Crippen LogP contribution in [0.3, 0.4) is 0 Å². The van der Waals surface area contributed by atoms with Crippen LogP contribution in [0.15, 0.2) is 12.3 Å². The maximum Gasteiger partial charge on any atom is 0.226 e. The Morgan fingerprint density at radius 3 is 3.06 bits per heavy atom. The van der Waals surface area contributed by atoms with Gasteiger partial charge in [-0.15, -0.1) is 0 Å². The van der Waals surface area contributed by atoms with Crippen LogP contribution in [0.25, 0.3) is 0 Å². The summed E-state index contributed by atoms with van der Waals surface area (Å²) in [5.41, 5.74) is 0. The van der Waals surface area contributed by atoms with Crippen molar-refractivity contribution in [2.45, 2.75) is 18.9 Å². The second-order valence-corrected chi connectivity index (χ2v) is 4.19. The Labute approximate surface area is 95.8 Å². The largest absolute Gasteiger partial charge is 0.379 e. The van der Waals surface area contributed by atoms with Crippen molar-refractivity contribution in [3.8, 4) is 0 Å². The molecule has 88 valence electrons. The van der Waals surface area contributed by atoms with Crippen LogP contribution < -0.4 is 10.2 Å². The molecule has 5 nitrogen and oxygen atoms in total. The third-order valence-electron chi connectivity index (χ3n) is 2.56. The van der Waals surface area contributed by atoms with E-state index in [-0.39, 0.29) is 0 Å². The summed E-state index contributed by atoms with van der Waals surface area (Å²) in [6.07, 6.45) is 4.03. The first-order valence-corrected chi connectivity index (χ1v) is 5.60. The van der Waals surface area contributed by atoms with Gasteiger partial charge in [0.25, 0.3) is 0 Å². The van der Waals surface area contributed by atoms with Crippen molar-refractivity contribution in [3.05, 3.63) is 12.3 Å². The van der Waals surface area contributed by atoms with Gasteiger partial charge in [-0.05, 0) is 18.9 Å². The zero-order chi connectivity index (χ0) is 11.4. The molecule has 1 aromatic heterocycles. The van der Waals surface area contributed by atoms with Gasteiger partial charge in [-0.3, -0.25) is 0 Å². The summed E-state index contributed by atoms with van der Waals surface area (Å²) in [6, 6.07) is 2.26. The monoisotopic (exact) mass is 222 g/mol. The third-order valence-corrected chi connectivity index (χ3v) is 2.56. The molecule has 16 heavy (non-hydrogen) atoms. The highest BCUT2D eigenvalue weighted by atomic mass is 16.5. The molecule has 1 aromatic rings. The molecule has 0 aromatic carbocycles. The van der Waals surface area contributed by atoms with Crippen molar-refractivity contribution in [3.63, 3.8) is 0 Å². The van der Waals surface area contributed by atoms with E-state index in [1.165, 1.54) is 0 Å². The van der Waals surface area contributed by atoms with Crippen molar-refractivity contribution >= 4 is 11.8 Å². The van der Waals surface area contributed by atoms with E-state index in [2.05, 4.69) is 15.3 Å². The lowest BCUT2D eigenvalue weighted by molar-refractivity contribution is 0.0875. The molecule has 5 heteroatoms. The maximum absolute atomic E-state index is 5.42. The van der Waals surface area contributed by atoms with Crippen LogP contribution in [0.5, 0.6) is 0 Å². The van der Waals surface area contributed by atoms with E-state index in [1.807, 2.05) is 25.1 Å². The van der Waals surface area contributed by atoms with Crippen molar-refractivity contribution in [1.29, 1.82) is 0 Å². The molecule has 1 N–H and O–H groups in total. The molecule has 1 atom stereocenters. The molecule has 1 unspecified atom stereocenters. The van der Waals surface area contributed by atoms with E-state index < -0.39 is 0 Å². The second-order valence-electron chi connectivity index (χ2n) is 4.19. The molecule has 0 aliphatic carbocycles. The van der Waals surface area contributed by atoms with E-state index in [1.54, 1.807) is 6.20 Å². The molecule has 0 radical (unpaired) electrons. The van der Waals surface area contributed by atoms with Gasteiger partial charge in [0.05, 0.1) is 12.6 Å². The van der Waals surface area contributed by atoms with Crippen LogP contribution in [0, 0.1) is 0 Å². The molecular weight excluding hydrogens is 204 g/mol. The summed E-state index contributed by atoms with van der Waals surface area (Å²) < 4.78 is 5.42. The van der Waals surface area contributed by atoms with Gasteiger partial charge in [-0.25, -0.2) is 4.98 Å². The van der Waals surface area contributed by atoms with Gasteiger partial charge in [0, 0.05) is 26.9 Å². The topological polar surface area (TPSA) is 50.3 Å². The number of hydrogen-bond acceptors (Lipinski definition) is 5. The maximum atomic E-state index is 5.42. The first-order chi connectivity index (χ1) is 7.75. The summed E-state index contributed by atoms with van der Waals surface area (Å²) in [4.78, 5) is 10.5. The molecule has 1 saturated heterocycles. The van der Waals surface area contributed by atoms with Gasteiger partial charge in [0.15, 0.2) is 0 Å². The van der Waals surface area contributed by atoms with Crippen molar-refractivity contribution in [1.82, 2.24) is 9.97 Å². The lowest BCUT2D eigenvalue weighted by atomic mass is 10.1.